The van der Waals surface area contributed by atoms with Crippen molar-refractivity contribution in [2.45, 2.75) is 25.9 Å². The molecule has 1 aliphatic carbocycles. The minimum Gasteiger partial charge on any atom is -0.398 e. The van der Waals surface area contributed by atoms with Crippen molar-refractivity contribution in [3.63, 3.8) is 0 Å². The third kappa shape index (κ3) is 4.89. The Morgan fingerprint density at radius 3 is 2.48 bits per heavy atom. The standard InChI is InChI=1S/C21H21Cl2N3O3/c1-12(15-10-16(15)19-17(22)8-5-9-18(19)23)25-29-11-13-6-3-4-7-14(13)20(21(24)27)26-28-2/h3-9,15-16H,10-11H2,1-2H3,(H2,24,27)/t15-,16+/m0/s1. The number of nitrogens with zero attached hydrogens (tertiary/aromatic N) is 2. The van der Waals surface area contributed by atoms with Crippen LogP contribution < -0.4 is 5.73 Å². The summed E-state index contributed by atoms with van der Waals surface area (Å²) in [5.41, 5.74) is 8.53. The molecule has 0 aliphatic heterocycles. The van der Waals surface area contributed by atoms with Crippen molar-refractivity contribution < 1.29 is 14.5 Å². The summed E-state index contributed by atoms with van der Waals surface area (Å²) in [4.78, 5) is 21.9. The van der Waals surface area contributed by atoms with Gasteiger partial charge in [0.2, 0.25) is 0 Å². The molecule has 0 heterocycles. The molecule has 2 N–H and O–H groups in total. The van der Waals surface area contributed by atoms with E-state index in [9.17, 15) is 4.79 Å². The second kappa shape index (κ2) is 9.29. The summed E-state index contributed by atoms with van der Waals surface area (Å²) < 4.78 is 0. The number of hydrogen-bond acceptors (Lipinski definition) is 5. The van der Waals surface area contributed by atoms with Crippen LogP contribution >= 0.6 is 23.2 Å². The number of nitrogens with two attached hydrogens (primary N) is 1. The van der Waals surface area contributed by atoms with Gasteiger partial charge in [0.1, 0.15) is 13.7 Å². The molecule has 8 heteroatoms. The van der Waals surface area contributed by atoms with Crippen molar-refractivity contribution in [3.05, 3.63) is 69.2 Å². The highest BCUT2D eigenvalue weighted by atomic mass is 35.5. The van der Waals surface area contributed by atoms with E-state index in [1.165, 1.54) is 7.11 Å². The van der Waals surface area contributed by atoms with Crippen molar-refractivity contribution in [2.24, 2.45) is 22.0 Å². The van der Waals surface area contributed by atoms with Gasteiger partial charge in [-0.3, -0.25) is 4.79 Å². The lowest BCUT2D eigenvalue weighted by atomic mass is 10.0. The number of carbonyl (C=O) groups excluding carboxylic acids is 1. The maximum atomic E-state index is 11.7. The molecule has 0 radical (unpaired) electrons. The van der Waals surface area contributed by atoms with Gasteiger partial charge in [0.15, 0.2) is 5.71 Å². The van der Waals surface area contributed by atoms with Gasteiger partial charge in [-0.25, -0.2) is 0 Å². The van der Waals surface area contributed by atoms with Crippen LogP contribution in [-0.2, 0) is 21.1 Å². The highest BCUT2D eigenvalue weighted by Crippen LogP contribution is 2.52. The van der Waals surface area contributed by atoms with Crippen LogP contribution in [0.3, 0.4) is 0 Å². The Bertz CT molecular complexity index is 955. The summed E-state index contributed by atoms with van der Waals surface area (Å²) in [6.45, 7) is 2.08. The zero-order chi connectivity index (χ0) is 21.0. The van der Waals surface area contributed by atoms with Crippen molar-refractivity contribution in [1.29, 1.82) is 0 Å². The van der Waals surface area contributed by atoms with Gasteiger partial charge in [-0.2, -0.15) is 0 Å². The fraction of sp³-hybridized carbons (Fsp3) is 0.286. The average Bonchev–Trinajstić information content (AvgIpc) is 3.47. The summed E-state index contributed by atoms with van der Waals surface area (Å²) in [5, 5.41) is 9.31. The van der Waals surface area contributed by atoms with E-state index in [0.717, 1.165) is 23.3 Å². The molecule has 0 unspecified atom stereocenters. The second-order valence-corrected chi connectivity index (χ2v) is 7.55. The topological polar surface area (TPSA) is 86.3 Å². The third-order valence-corrected chi connectivity index (χ3v) is 5.47. The molecular formula is C21H21Cl2N3O3. The first-order chi connectivity index (χ1) is 13.9. The largest absolute Gasteiger partial charge is 0.398 e. The SMILES string of the molecule is CON=C(C(N)=O)c1ccccc1CON=C(C)[C@@H]1C[C@H]1c1c(Cl)cccc1Cl. The third-order valence-electron chi connectivity index (χ3n) is 4.81. The van der Waals surface area contributed by atoms with Gasteiger partial charge in [-0.05, 0) is 37.0 Å². The number of rotatable bonds is 8. The van der Waals surface area contributed by atoms with Gasteiger partial charge in [-0.15, -0.1) is 0 Å². The summed E-state index contributed by atoms with van der Waals surface area (Å²) >= 11 is 12.6. The van der Waals surface area contributed by atoms with Crippen LogP contribution in [-0.4, -0.2) is 24.4 Å². The Balaban J connectivity index is 1.68. The average molecular weight is 434 g/mol. The fourth-order valence-electron chi connectivity index (χ4n) is 3.31. The maximum absolute atomic E-state index is 11.7. The molecule has 0 aromatic heterocycles. The Morgan fingerprint density at radius 1 is 1.14 bits per heavy atom. The van der Waals surface area contributed by atoms with Crippen molar-refractivity contribution in [1.82, 2.24) is 0 Å². The highest BCUT2D eigenvalue weighted by molar-refractivity contribution is 6.45. The Morgan fingerprint density at radius 2 is 1.83 bits per heavy atom. The predicted molar refractivity (Wildman–Crippen MR) is 114 cm³/mol. The smallest absolute Gasteiger partial charge is 0.271 e. The van der Waals surface area contributed by atoms with Crippen LogP contribution in [0.5, 0.6) is 0 Å². The summed E-state index contributed by atoms with van der Waals surface area (Å²) in [7, 11) is 1.35. The molecule has 0 spiro atoms. The first-order valence-corrected chi connectivity index (χ1v) is 9.79. The van der Waals surface area contributed by atoms with Crippen LogP contribution in [0.1, 0.15) is 36.0 Å². The van der Waals surface area contributed by atoms with Crippen LogP contribution in [0.15, 0.2) is 52.8 Å². The van der Waals surface area contributed by atoms with Crippen molar-refractivity contribution >= 4 is 40.5 Å². The highest BCUT2D eigenvalue weighted by Gasteiger charge is 2.43. The lowest BCUT2D eigenvalue weighted by Crippen LogP contribution is -2.25. The molecule has 152 valence electrons. The molecule has 3 rings (SSSR count). The molecule has 0 bridgehead atoms. The molecule has 2 aromatic rings. The Hall–Kier alpha value is -2.57. The zero-order valence-electron chi connectivity index (χ0n) is 16.1. The van der Waals surface area contributed by atoms with Crippen LogP contribution in [0.2, 0.25) is 10.0 Å². The number of benzene rings is 2. The summed E-state index contributed by atoms with van der Waals surface area (Å²) in [6, 6.07) is 12.7. The van der Waals surface area contributed by atoms with E-state index in [2.05, 4.69) is 10.3 Å². The van der Waals surface area contributed by atoms with Crippen molar-refractivity contribution in [3.8, 4) is 0 Å². The van der Waals surface area contributed by atoms with E-state index in [1.54, 1.807) is 12.1 Å². The molecular weight excluding hydrogens is 413 g/mol. The number of primary amides is 1. The number of hydrogen-bond donors (Lipinski definition) is 1. The van der Waals surface area contributed by atoms with Gasteiger partial charge in [0, 0.05) is 27.1 Å². The van der Waals surface area contributed by atoms with E-state index in [1.807, 2.05) is 37.3 Å². The Kier molecular flexibility index (Phi) is 6.77. The first kappa shape index (κ1) is 21.1. The van der Waals surface area contributed by atoms with E-state index < -0.39 is 5.91 Å². The van der Waals surface area contributed by atoms with E-state index in [0.29, 0.717) is 15.6 Å². The van der Waals surface area contributed by atoms with Gasteiger partial charge in [0.05, 0.1) is 5.71 Å². The quantitative estimate of drug-likeness (QED) is 0.490. The predicted octanol–water partition coefficient (Wildman–Crippen LogP) is 4.53. The first-order valence-electron chi connectivity index (χ1n) is 9.03. The minimum atomic E-state index is -0.684. The molecule has 1 aliphatic rings. The summed E-state index contributed by atoms with van der Waals surface area (Å²) in [6.07, 6.45) is 0.922. The van der Waals surface area contributed by atoms with Crippen LogP contribution in [0, 0.1) is 5.92 Å². The lowest BCUT2D eigenvalue weighted by Gasteiger charge is -2.09. The Labute approximate surface area is 179 Å². The van der Waals surface area contributed by atoms with Gasteiger partial charge in [-0.1, -0.05) is 63.8 Å². The number of carbonyl (C=O) groups is 1. The molecule has 1 fully saturated rings. The fourth-order valence-corrected chi connectivity index (χ4v) is 3.99. The molecule has 29 heavy (non-hydrogen) atoms. The summed E-state index contributed by atoms with van der Waals surface area (Å²) in [5.74, 6) is -0.207. The van der Waals surface area contributed by atoms with E-state index in [4.69, 9.17) is 38.6 Å². The molecule has 1 saturated carbocycles. The normalized spacial score (nSPS) is 19.0. The molecule has 2 atom stereocenters. The van der Waals surface area contributed by atoms with Crippen LogP contribution in [0.25, 0.3) is 0 Å². The maximum Gasteiger partial charge on any atom is 0.271 e. The van der Waals surface area contributed by atoms with Crippen molar-refractivity contribution in [2.75, 3.05) is 7.11 Å². The number of amides is 1. The van der Waals surface area contributed by atoms with Gasteiger partial charge in [0.25, 0.3) is 5.91 Å². The second-order valence-electron chi connectivity index (χ2n) is 6.73. The minimum absolute atomic E-state index is 0.0306. The molecule has 6 nitrogen and oxygen atoms in total. The van der Waals surface area contributed by atoms with Gasteiger partial charge >= 0.3 is 0 Å². The van der Waals surface area contributed by atoms with Crippen LogP contribution in [0.4, 0.5) is 0 Å². The van der Waals surface area contributed by atoms with E-state index in [-0.39, 0.29) is 24.2 Å². The van der Waals surface area contributed by atoms with E-state index >= 15 is 0 Å². The molecule has 2 aromatic carbocycles. The number of oxime groups is 2. The molecule has 1 amide bonds. The van der Waals surface area contributed by atoms with Gasteiger partial charge < -0.3 is 15.4 Å². The number of halogens is 2. The molecule has 0 saturated heterocycles. The zero-order valence-corrected chi connectivity index (χ0v) is 17.6. The monoisotopic (exact) mass is 433 g/mol. The lowest BCUT2D eigenvalue weighted by molar-refractivity contribution is -0.112.